The van der Waals surface area contributed by atoms with Crippen LogP contribution in [0.3, 0.4) is 0 Å². The van der Waals surface area contributed by atoms with Crippen molar-refractivity contribution in [1.82, 2.24) is 35.4 Å². The Kier molecular flexibility index (Phi) is 10.3. The number of amides is 3. The zero-order valence-electron chi connectivity index (χ0n) is 34.4. The summed E-state index contributed by atoms with van der Waals surface area (Å²) in [6.07, 6.45) is 14.8. The number of rotatable bonds is 11. The van der Waals surface area contributed by atoms with Gasteiger partial charge in [0.05, 0.1) is 61.2 Å². The standard InChI is InChI=1S/C44H53N9O7/c1-44(15-16-44)60-39-21-31-34(23-45-39)49-50-40(31)33-22-37(47-25-46-33)52-19-13-29(14-20-52)59-27-5-3-26(4-6-27)58-28-11-17-51(18-12-28)35-8-7-30-32(41(35)57-2)24-53(43(30)56)36-9-10-38(54)48-42(36)55/h7-8,21-23,25-29,36H,3-6,9-20,24H2,1-2H3,(H,49,50)(H,48,54,55)/t26-,27-,36?. The number of piperidine rings is 3. The summed E-state index contributed by atoms with van der Waals surface area (Å²) < 4.78 is 25.4. The average Bonchev–Trinajstić information content (AvgIpc) is 3.68. The normalized spacial score (nSPS) is 24.8. The van der Waals surface area contributed by atoms with Crippen LogP contribution in [0.25, 0.3) is 22.3 Å². The number of carbonyl (C=O) groups is 3. The van der Waals surface area contributed by atoms with Crippen LogP contribution in [0.2, 0.25) is 0 Å². The predicted octanol–water partition coefficient (Wildman–Crippen LogP) is 5.10. The van der Waals surface area contributed by atoms with Crippen molar-refractivity contribution >= 4 is 40.1 Å². The fourth-order valence-electron chi connectivity index (χ4n) is 9.71. The van der Waals surface area contributed by atoms with Crippen LogP contribution in [0.5, 0.6) is 11.6 Å². The molecule has 4 aromatic rings. The lowest BCUT2D eigenvalue weighted by Gasteiger charge is -2.39. The summed E-state index contributed by atoms with van der Waals surface area (Å²) in [4.78, 5) is 57.5. The van der Waals surface area contributed by atoms with Crippen LogP contribution in [0, 0.1) is 0 Å². The van der Waals surface area contributed by atoms with Gasteiger partial charge < -0.3 is 33.6 Å². The molecule has 16 heteroatoms. The van der Waals surface area contributed by atoms with E-state index in [0.717, 1.165) is 130 Å². The highest BCUT2D eigenvalue weighted by Crippen LogP contribution is 2.42. The molecule has 3 amide bonds. The summed E-state index contributed by atoms with van der Waals surface area (Å²) in [6, 6.07) is 7.14. The van der Waals surface area contributed by atoms with Crippen molar-refractivity contribution in [3.05, 3.63) is 47.9 Å². The minimum atomic E-state index is -0.658. The molecule has 7 heterocycles. The van der Waals surface area contributed by atoms with Crippen LogP contribution in [0.4, 0.5) is 11.5 Å². The minimum Gasteiger partial charge on any atom is -0.494 e. The van der Waals surface area contributed by atoms with Crippen molar-refractivity contribution in [2.24, 2.45) is 0 Å². The van der Waals surface area contributed by atoms with Crippen LogP contribution >= 0.6 is 0 Å². The number of pyridine rings is 1. The van der Waals surface area contributed by atoms with E-state index >= 15 is 0 Å². The third-order valence-corrected chi connectivity index (χ3v) is 13.4. The topological polar surface area (TPSA) is 177 Å². The number of benzene rings is 1. The number of hydrogen-bond acceptors (Lipinski definition) is 13. The van der Waals surface area contributed by atoms with Crippen molar-refractivity contribution < 1.29 is 33.3 Å². The molecule has 2 aliphatic carbocycles. The first-order chi connectivity index (χ1) is 29.2. The van der Waals surface area contributed by atoms with Gasteiger partial charge in [-0.15, -0.1) is 0 Å². The summed E-state index contributed by atoms with van der Waals surface area (Å²) in [6.45, 7) is 5.79. The number of nitrogens with one attached hydrogen (secondary N) is 2. The number of aromatic amines is 1. The Bertz CT molecular complexity index is 2270. The molecular formula is C44H53N9O7. The monoisotopic (exact) mass is 819 g/mol. The molecule has 60 heavy (non-hydrogen) atoms. The summed E-state index contributed by atoms with van der Waals surface area (Å²) >= 11 is 0. The third kappa shape index (κ3) is 7.75. The van der Waals surface area contributed by atoms with E-state index in [9.17, 15) is 14.4 Å². The second-order valence-corrected chi connectivity index (χ2v) is 17.5. The number of carbonyl (C=O) groups excluding carboxylic acids is 3. The predicted molar refractivity (Wildman–Crippen MR) is 221 cm³/mol. The van der Waals surface area contributed by atoms with Gasteiger partial charge in [-0.3, -0.25) is 24.8 Å². The lowest BCUT2D eigenvalue weighted by molar-refractivity contribution is -0.136. The molecule has 1 aromatic carbocycles. The number of hydrogen-bond donors (Lipinski definition) is 2. The van der Waals surface area contributed by atoms with Crippen LogP contribution in [-0.2, 0) is 25.6 Å². The summed E-state index contributed by atoms with van der Waals surface area (Å²) in [5.41, 5.74) is 4.58. The van der Waals surface area contributed by atoms with Gasteiger partial charge in [0.1, 0.15) is 35.2 Å². The molecule has 1 unspecified atom stereocenters. The van der Waals surface area contributed by atoms with Crippen molar-refractivity contribution in [2.45, 2.75) is 127 Å². The lowest BCUT2D eigenvalue weighted by atomic mass is 9.93. The zero-order chi connectivity index (χ0) is 41.0. The SMILES string of the molecule is COc1c(N2CCC(O[C@H]3CC[C@H](OC4CCN(c5cc(-c6n[nH]c7cnc(OC8(C)CC8)cc67)ncn5)CC4)CC3)CC2)ccc2c1CN(C1CCC(=O)NC1=O)C2=O. The highest BCUT2D eigenvalue weighted by atomic mass is 16.5. The molecule has 6 aliphatic rings. The van der Waals surface area contributed by atoms with Crippen LogP contribution in [0.15, 0.2) is 36.8 Å². The Morgan fingerprint density at radius 3 is 2.15 bits per heavy atom. The maximum absolute atomic E-state index is 13.3. The van der Waals surface area contributed by atoms with E-state index in [2.05, 4.69) is 47.2 Å². The number of imide groups is 1. The molecule has 4 aliphatic heterocycles. The van der Waals surface area contributed by atoms with E-state index in [1.165, 1.54) is 0 Å². The molecule has 3 aromatic heterocycles. The Balaban J connectivity index is 0.673. The van der Waals surface area contributed by atoms with Gasteiger partial charge in [-0.2, -0.15) is 5.10 Å². The average molecular weight is 820 g/mol. The number of methoxy groups -OCH3 is 1. The molecule has 0 radical (unpaired) electrons. The molecule has 316 valence electrons. The molecule has 16 nitrogen and oxygen atoms in total. The Labute approximate surface area is 348 Å². The van der Waals surface area contributed by atoms with Gasteiger partial charge in [0.25, 0.3) is 5.91 Å². The van der Waals surface area contributed by atoms with Crippen LogP contribution in [-0.4, -0.2) is 117 Å². The molecule has 0 spiro atoms. The summed E-state index contributed by atoms with van der Waals surface area (Å²) in [7, 11) is 1.64. The molecule has 2 N–H and O–H groups in total. The van der Waals surface area contributed by atoms with Crippen molar-refractivity contribution in [3.8, 4) is 23.0 Å². The van der Waals surface area contributed by atoms with E-state index < -0.39 is 11.9 Å². The Morgan fingerprint density at radius 1 is 0.800 bits per heavy atom. The van der Waals surface area contributed by atoms with Gasteiger partial charge >= 0.3 is 0 Å². The fourth-order valence-corrected chi connectivity index (χ4v) is 9.71. The van der Waals surface area contributed by atoms with E-state index in [4.69, 9.17) is 18.9 Å². The number of anilines is 2. The molecule has 3 saturated heterocycles. The van der Waals surface area contributed by atoms with Crippen LogP contribution in [0.1, 0.15) is 99.9 Å². The van der Waals surface area contributed by atoms with E-state index in [1.54, 1.807) is 24.5 Å². The molecular weight excluding hydrogens is 767 g/mol. The summed E-state index contributed by atoms with van der Waals surface area (Å²) in [5, 5.41) is 11.0. The smallest absolute Gasteiger partial charge is 0.255 e. The quantitative estimate of drug-likeness (QED) is 0.191. The fraction of sp³-hybridized carbons (Fsp3) is 0.568. The largest absolute Gasteiger partial charge is 0.494 e. The van der Waals surface area contributed by atoms with E-state index in [1.807, 2.05) is 24.3 Å². The molecule has 0 bridgehead atoms. The van der Waals surface area contributed by atoms with Gasteiger partial charge in [0.2, 0.25) is 17.7 Å². The first kappa shape index (κ1) is 38.8. The van der Waals surface area contributed by atoms with Crippen molar-refractivity contribution in [3.63, 3.8) is 0 Å². The molecule has 1 atom stereocenters. The lowest BCUT2D eigenvalue weighted by Crippen LogP contribution is -2.52. The van der Waals surface area contributed by atoms with Crippen molar-refractivity contribution in [1.29, 1.82) is 0 Å². The first-order valence-electron chi connectivity index (χ1n) is 21.7. The molecule has 10 rings (SSSR count). The van der Waals surface area contributed by atoms with Gasteiger partial charge in [-0.25, -0.2) is 15.0 Å². The highest BCUT2D eigenvalue weighted by molar-refractivity contribution is 6.06. The Hall–Kier alpha value is -5.35. The van der Waals surface area contributed by atoms with E-state index in [-0.39, 0.29) is 54.8 Å². The molecule has 5 fully saturated rings. The van der Waals surface area contributed by atoms with Gasteiger partial charge in [0, 0.05) is 61.2 Å². The third-order valence-electron chi connectivity index (χ3n) is 13.4. The second kappa shape index (κ2) is 15.9. The first-order valence-corrected chi connectivity index (χ1v) is 21.7. The maximum atomic E-state index is 13.3. The number of fused-ring (bicyclic) bond motifs is 2. The zero-order valence-corrected chi connectivity index (χ0v) is 34.4. The van der Waals surface area contributed by atoms with Gasteiger partial charge in [-0.05, 0) is 89.7 Å². The van der Waals surface area contributed by atoms with Gasteiger partial charge in [-0.1, -0.05) is 0 Å². The number of nitrogens with zero attached hydrogens (tertiary/aromatic N) is 7. The second-order valence-electron chi connectivity index (χ2n) is 17.5. The number of ether oxygens (including phenoxy) is 4. The maximum Gasteiger partial charge on any atom is 0.255 e. The van der Waals surface area contributed by atoms with E-state index in [0.29, 0.717) is 23.6 Å². The minimum absolute atomic E-state index is 0.111. The van der Waals surface area contributed by atoms with Crippen LogP contribution < -0.4 is 24.6 Å². The van der Waals surface area contributed by atoms with Crippen molar-refractivity contribution in [2.75, 3.05) is 43.1 Å². The Morgan fingerprint density at radius 2 is 1.48 bits per heavy atom. The highest BCUT2D eigenvalue weighted by Gasteiger charge is 2.42. The van der Waals surface area contributed by atoms with Gasteiger partial charge in [0.15, 0.2) is 0 Å². The summed E-state index contributed by atoms with van der Waals surface area (Å²) in [5.74, 6) is 1.29. The number of aromatic nitrogens is 5. The number of H-pyrrole nitrogens is 1. The molecule has 2 saturated carbocycles.